The summed E-state index contributed by atoms with van der Waals surface area (Å²) in [6, 6.07) is 0.688. The van der Waals surface area contributed by atoms with Gasteiger partial charge in [-0.25, -0.2) is 0 Å². The molecule has 0 aromatic carbocycles. The van der Waals surface area contributed by atoms with Crippen LogP contribution in [0.4, 0.5) is 0 Å². The lowest BCUT2D eigenvalue weighted by Gasteiger charge is -2.57. The highest BCUT2D eigenvalue weighted by Crippen LogP contribution is 2.62. The number of hydrogen-bond acceptors (Lipinski definition) is 3. The maximum atomic E-state index is 10.7. The van der Waals surface area contributed by atoms with Crippen LogP contribution in [0.1, 0.15) is 102 Å². The van der Waals surface area contributed by atoms with Crippen molar-refractivity contribution >= 4 is 0 Å². The number of aliphatic hydroxyl groups is 1. The van der Waals surface area contributed by atoms with E-state index in [-0.39, 0.29) is 10.8 Å². The van der Waals surface area contributed by atoms with E-state index in [4.69, 9.17) is 5.10 Å². The lowest BCUT2D eigenvalue weighted by Crippen LogP contribution is -2.54. The fraction of sp³-hybridized carbons (Fsp3) is 0.895. The van der Waals surface area contributed by atoms with Crippen molar-refractivity contribution in [2.45, 2.75) is 101 Å². The van der Waals surface area contributed by atoms with E-state index in [0.29, 0.717) is 12.0 Å². The average molecular weight is 315 g/mol. The largest absolute Gasteiger partial charge is 0.390 e. The Morgan fingerprint density at radius 3 is 2.04 bits per heavy atom. The molecule has 0 aliphatic heterocycles. The van der Waals surface area contributed by atoms with Crippen molar-refractivity contribution in [2.75, 3.05) is 0 Å². The topological polar surface area (TPSA) is 50.9 Å². The van der Waals surface area contributed by atoms with Crippen molar-refractivity contribution in [1.29, 1.82) is 0 Å². The zero-order valence-corrected chi connectivity index (χ0v) is 14.5. The first-order chi connectivity index (χ1) is 10.9. The minimum atomic E-state index is -0.553. The molecule has 5 aliphatic rings. The third kappa shape index (κ3) is 2.00. The van der Waals surface area contributed by atoms with Crippen molar-refractivity contribution in [3.63, 3.8) is 0 Å². The molecule has 5 fully saturated rings. The lowest BCUT2D eigenvalue weighted by atomic mass is 9.49. The summed E-state index contributed by atoms with van der Waals surface area (Å²) in [5.74, 6) is 3.30. The van der Waals surface area contributed by atoms with Crippen molar-refractivity contribution < 1.29 is 5.11 Å². The van der Waals surface area contributed by atoms with Gasteiger partial charge in [0.25, 0.3) is 0 Å². The molecule has 0 saturated heterocycles. The average Bonchev–Trinajstić information content (AvgIpc) is 3.47. The summed E-state index contributed by atoms with van der Waals surface area (Å²) in [4.78, 5) is 0. The number of nitrogens with zero attached hydrogens (tertiary/aromatic N) is 3. The second kappa shape index (κ2) is 4.38. The molecule has 1 aromatic heterocycles. The SMILES string of the molecule is CC(C)(O)C12CCC(c3nnc(C4CC4)n3C3CC3)(CC1)CC2. The van der Waals surface area contributed by atoms with Crippen LogP contribution >= 0.6 is 0 Å². The van der Waals surface area contributed by atoms with Gasteiger partial charge in [-0.15, -0.1) is 10.2 Å². The molecular weight excluding hydrogens is 286 g/mol. The molecule has 0 unspecified atom stereocenters. The predicted molar refractivity (Wildman–Crippen MR) is 88.4 cm³/mol. The van der Waals surface area contributed by atoms with E-state index in [1.807, 2.05) is 13.8 Å². The van der Waals surface area contributed by atoms with Gasteiger partial charge in [0.15, 0.2) is 0 Å². The first kappa shape index (κ1) is 14.4. The number of hydrogen-bond donors (Lipinski definition) is 1. The van der Waals surface area contributed by atoms with Crippen molar-refractivity contribution in [3.05, 3.63) is 11.6 Å². The molecule has 1 N–H and O–H groups in total. The van der Waals surface area contributed by atoms with E-state index in [0.717, 1.165) is 19.3 Å². The molecule has 126 valence electrons. The molecule has 5 aliphatic carbocycles. The number of aromatic nitrogens is 3. The van der Waals surface area contributed by atoms with Crippen LogP contribution in [0.3, 0.4) is 0 Å². The summed E-state index contributed by atoms with van der Waals surface area (Å²) in [6.07, 6.45) is 12.2. The molecular formula is C19H29N3O. The van der Waals surface area contributed by atoms with Crippen LogP contribution in [-0.4, -0.2) is 25.5 Å². The Balaban J connectivity index is 1.50. The Morgan fingerprint density at radius 2 is 1.57 bits per heavy atom. The maximum absolute atomic E-state index is 10.7. The molecule has 0 amide bonds. The predicted octanol–water partition coefficient (Wildman–Crippen LogP) is 3.85. The third-order valence-electron chi connectivity index (χ3n) is 7.60. The number of rotatable bonds is 4. The fourth-order valence-electron chi connectivity index (χ4n) is 5.42. The van der Waals surface area contributed by atoms with E-state index in [2.05, 4.69) is 9.67 Å². The standard InChI is InChI=1S/C19H29N3O/c1-17(2,23)19-10-7-18(8-11-19,9-12-19)16-21-20-15(13-3-4-13)22(16)14-5-6-14/h13-14,23H,3-12H2,1-2H3. The van der Waals surface area contributed by atoms with Gasteiger partial charge in [0, 0.05) is 17.4 Å². The Hall–Kier alpha value is -0.900. The molecule has 1 aromatic rings. The van der Waals surface area contributed by atoms with Gasteiger partial charge in [0.1, 0.15) is 11.6 Å². The van der Waals surface area contributed by atoms with Gasteiger partial charge in [-0.05, 0) is 83.5 Å². The van der Waals surface area contributed by atoms with E-state index in [1.165, 1.54) is 56.6 Å². The summed E-state index contributed by atoms with van der Waals surface area (Å²) >= 11 is 0. The van der Waals surface area contributed by atoms with Gasteiger partial charge in [-0.1, -0.05) is 0 Å². The molecule has 1 heterocycles. The highest BCUT2D eigenvalue weighted by Gasteiger charge is 2.57. The second-order valence-electron chi connectivity index (χ2n) is 9.38. The van der Waals surface area contributed by atoms with Crippen LogP contribution < -0.4 is 0 Å². The second-order valence-corrected chi connectivity index (χ2v) is 9.38. The minimum Gasteiger partial charge on any atom is -0.390 e. The zero-order chi connectivity index (χ0) is 15.9. The molecule has 0 atom stereocenters. The van der Waals surface area contributed by atoms with Crippen molar-refractivity contribution in [1.82, 2.24) is 14.8 Å². The normalized spacial score (nSPS) is 37.3. The Morgan fingerprint density at radius 1 is 0.957 bits per heavy atom. The Bertz CT molecular complexity index is 609. The molecule has 23 heavy (non-hydrogen) atoms. The fourth-order valence-corrected chi connectivity index (χ4v) is 5.42. The molecule has 0 spiro atoms. The van der Waals surface area contributed by atoms with Crippen LogP contribution in [0.2, 0.25) is 0 Å². The molecule has 0 radical (unpaired) electrons. The first-order valence-electron chi connectivity index (χ1n) is 9.62. The third-order valence-corrected chi connectivity index (χ3v) is 7.60. The van der Waals surface area contributed by atoms with E-state index in [1.54, 1.807) is 0 Å². The molecule has 5 saturated carbocycles. The van der Waals surface area contributed by atoms with Gasteiger partial charge in [-0.3, -0.25) is 0 Å². The van der Waals surface area contributed by atoms with Crippen molar-refractivity contribution in [2.24, 2.45) is 5.41 Å². The summed E-state index contributed by atoms with van der Waals surface area (Å²) < 4.78 is 2.57. The van der Waals surface area contributed by atoms with Gasteiger partial charge in [0.05, 0.1) is 5.60 Å². The van der Waals surface area contributed by atoms with Gasteiger partial charge < -0.3 is 9.67 Å². The first-order valence-corrected chi connectivity index (χ1v) is 9.62. The highest BCUT2D eigenvalue weighted by atomic mass is 16.3. The smallest absolute Gasteiger partial charge is 0.139 e. The molecule has 4 heteroatoms. The minimum absolute atomic E-state index is 0.137. The quantitative estimate of drug-likeness (QED) is 0.918. The highest BCUT2D eigenvalue weighted by molar-refractivity contribution is 5.23. The monoisotopic (exact) mass is 315 g/mol. The van der Waals surface area contributed by atoms with Gasteiger partial charge in [0.2, 0.25) is 0 Å². The molecule has 4 nitrogen and oxygen atoms in total. The maximum Gasteiger partial charge on any atom is 0.139 e. The molecule has 6 rings (SSSR count). The summed E-state index contributed by atoms with van der Waals surface area (Å²) in [7, 11) is 0. The van der Waals surface area contributed by atoms with Crippen LogP contribution in [0.15, 0.2) is 0 Å². The van der Waals surface area contributed by atoms with Crippen LogP contribution in [-0.2, 0) is 5.41 Å². The lowest BCUT2D eigenvalue weighted by molar-refractivity contribution is -0.121. The number of fused-ring (bicyclic) bond motifs is 3. The zero-order valence-electron chi connectivity index (χ0n) is 14.5. The van der Waals surface area contributed by atoms with Crippen LogP contribution in [0.5, 0.6) is 0 Å². The van der Waals surface area contributed by atoms with Crippen LogP contribution in [0, 0.1) is 5.41 Å². The van der Waals surface area contributed by atoms with Gasteiger partial charge in [-0.2, -0.15) is 0 Å². The molecule has 2 bridgehead atoms. The Labute approximate surface area is 138 Å². The Kier molecular flexibility index (Phi) is 2.75. The van der Waals surface area contributed by atoms with E-state index < -0.39 is 5.60 Å². The van der Waals surface area contributed by atoms with E-state index >= 15 is 0 Å². The summed E-state index contributed by atoms with van der Waals surface area (Å²) in [5, 5.41) is 20.1. The van der Waals surface area contributed by atoms with Crippen LogP contribution in [0.25, 0.3) is 0 Å². The van der Waals surface area contributed by atoms with Gasteiger partial charge >= 0.3 is 0 Å². The van der Waals surface area contributed by atoms with E-state index in [9.17, 15) is 5.11 Å². The van der Waals surface area contributed by atoms with Crippen molar-refractivity contribution in [3.8, 4) is 0 Å². The summed E-state index contributed by atoms with van der Waals surface area (Å²) in [6.45, 7) is 4.03. The summed E-state index contributed by atoms with van der Waals surface area (Å²) in [5.41, 5.74) is -0.169.